The zero-order valence-electron chi connectivity index (χ0n) is 9.82. The summed E-state index contributed by atoms with van der Waals surface area (Å²) in [6.45, 7) is 4.19. The van der Waals surface area contributed by atoms with Crippen LogP contribution in [0.5, 0.6) is 0 Å². The molecule has 0 saturated heterocycles. The van der Waals surface area contributed by atoms with Gasteiger partial charge in [-0.25, -0.2) is 0 Å². The van der Waals surface area contributed by atoms with Gasteiger partial charge in [0.25, 0.3) is 0 Å². The molecular weight excluding hydrogens is 208 g/mol. The van der Waals surface area contributed by atoms with Crippen LogP contribution in [0, 0.1) is 11.3 Å². The van der Waals surface area contributed by atoms with Crippen molar-refractivity contribution in [2.45, 2.75) is 39.2 Å². The molecule has 0 bridgehead atoms. The van der Waals surface area contributed by atoms with Gasteiger partial charge < -0.3 is 16.2 Å². The van der Waals surface area contributed by atoms with Gasteiger partial charge in [-0.1, -0.05) is 13.8 Å². The summed E-state index contributed by atoms with van der Waals surface area (Å²) < 4.78 is 0. The molecular formula is C11H20N2O3. The Kier molecular flexibility index (Phi) is 3.91. The highest BCUT2D eigenvalue weighted by Gasteiger charge is 2.50. The maximum absolute atomic E-state index is 11.5. The van der Waals surface area contributed by atoms with E-state index in [1.54, 1.807) is 0 Å². The zero-order valence-corrected chi connectivity index (χ0v) is 9.82. The summed E-state index contributed by atoms with van der Waals surface area (Å²) in [5.74, 6) is -0.721. The van der Waals surface area contributed by atoms with Crippen molar-refractivity contribution in [1.29, 1.82) is 0 Å². The van der Waals surface area contributed by atoms with Crippen LogP contribution in [-0.2, 0) is 9.59 Å². The SMILES string of the molecule is CC(C)CC(N)C(=O)NCC1(C(=O)O)CC1. The lowest BCUT2D eigenvalue weighted by Gasteiger charge is -2.16. The fourth-order valence-corrected chi connectivity index (χ4v) is 1.62. The molecule has 5 heteroatoms. The van der Waals surface area contributed by atoms with Gasteiger partial charge in [-0.2, -0.15) is 0 Å². The van der Waals surface area contributed by atoms with Crippen LogP contribution in [0.4, 0.5) is 0 Å². The van der Waals surface area contributed by atoms with Gasteiger partial charge in [0.05, 0.1) is 11.5 Å². The quantitative estimate of drug-likeness (QED) is 0.611. The van der Waals surface area contributed by atoms with Crippen LogP contribution in [0.25, 0.3) is 0 Å². The second-order valence-corrected chi connectivity index (χ2v) is 5.04. The highest BCUT2D eigenvalue weighted by atomic mass is 16.4. The summed E-state index contributed by atoms with van der Waals surface area (Å²) in [5.41, 5.74) is 4.97. The Balaban J connectivity index is 2.33. The molecule has 0 spiro atoms. The predicted molar refractivity (Wildman–Crippen MR) is 59.7 cm³/mol. The first-order valence-electron chi connectivity index (χ1n) is 5.64. The molecule has 0 aromatic rings. The second-order valence-electron chi connectivity index (χ2n) is 5.04. The zero-order chi connectivity index (χ0) is 12.3. The lowest BCUT2D eigenvalue weighted by molar-refractivity contribution is -0.143. The van der Waals surface area contributed by atoms with E-state index in [0.717, 1.165) is 0 Å². The third kappa shape index (κ3) is 3.20. The number of hydrogen-bond acceptors (Lipinski definition) is 3. The minimum atomic E-state index is -0.828. The van der Waals surface area contributed by atoms with Gasteiger partial charge in [-0.05, 0) is 25.2 Å². The molecule has 0 heterocycles. The fourth-order valence-electron chi connectivity index (χ4n) is 1.62. The Bertz CT molecular complexity index is 285. The lowest BCUT2D eigenvalue weighted by Crippen LogP contribution is -2.44. The van der Waals surface area contributed by atoms with E-state index in [1.165, 1.54) is 0 Å². The molecule has 92 valence electrons. The van der Waals surface area contributed by atoms with E-state index in [9.17, 15) is 9.59 Å². The molecule has 1 atom stereocenters. The fraction of sp³-hybridized carbons (Fsp3) is 0.818. The van der Waals surface area contributed by atoms with E-state index in [2.05, 4.69) is 5.32 Å². The van der Waals surface area contributed by atoms with Crippen LogP contribution >= 0.6 is 0 Å². The van der Waals surface area contributed by atoms with Crippen molar-refractivity contribution in [2.24, 2.45) is 17.1 Å². The van der Waals surface area contributed by atoms with E-state index in [0.29, 0.717) is 25.2 Å². The third-order valence-electron chi connectivity index (χ3n) is 2.97. The largest absolute Gasteiger partial charge is 0.481 e. The van der Waals surface area contributed by atoms with Crippen LogP contribution in [0.1, 0.15) is 33.1 Å². The molecule has 0 radical (unpaired) electrons. The number of carbonyl (C=O) groups excluding carboxylic acids is 1. The third-order valence-corrected chi connectivity index (χ3v) is 2.97. The number of amides is 1. The van der Waals surface area contributed by atoms with Gasteiger partial charge in [0.1, 0.15) is 0 Å². The van der Waals surface area contributed by atoms with Gasteiger partial charge >= 0.3 is 5.97 Å². The van der Waals surface area contributed by atoms with Gasteiger partial charge in [0.15, 0.2) is 0 Å². The molecule has 4 N–H and O–H groups in total. The van der Waals surface area contributed by atoms with E-state index in [1.807, 2.05) is 13.8 Å². The minimum absolute atomic E-state index is 0.201. The second kappa shape index (κ2) is 4.82. The Morgan fingerprint density at radius 1 is 1.44 bits per heavy atom. The molecule has 0 aromatic carbocycles. The van der Waals surface area contributed by atoms with Gasteiger partial charge in [-0.15, -0.1) is 0 Å². The number of nitrogens with one attached hydrogen (secondary N) is 1. The van der Waals surface area contributed by atoms with Crippen LogP contribution < -0.4 is 11.1 Å². The van der Waals surface area contributed by atoms with E-state index >= 15 is 0 Å². The number of carboxylic acid groups (broad SMARTS) is 1. The molecule has 1 saturated carbocycles. The molecule has 16 heavy (non-hydrogen) atoms. The van der Waals surface area contributed by atoms with Gasteiger partial charge in [0.2, 0.25) is 5.91 Å². The summed E-state index contributed by atoms with van der Waals surface area (Å²) in [4.78, 5) is 22.4. The van der Waals surface area contributed by atoms with Crippen LogP contribution in [0.15, 0.2) is 0 Å². The number of rotatable bonds is 6. The summed E-state index contributed by atoms with van der Waals surface area (Å²) in [6.07, 6.45) is 1.90. The number of hydrogen-bond donors (Lipinski definition) is 3. The first-order valence-corrected chi connectivity index (χ1v) is 5.64. The normalized spacial score (nSPS) is 19.2. The van der Waals surface area contributed by atoms with Crippen molar-refractivity contribution < 1.29 is 14.7 Å². The summed E-state index contributed by atoms with van der Waals surface area (Å²) >= 11 is 0. The van der Waals surface area contributed by atoms with Crippen LogP contribution in [0.2, 0.25) is 0 Å². The molecule has 5 nitrogen and oxygen atoms in total. The average Bonchev–Trinajstić information content (AvgIpc) is 2.93. The maximum Gasteiger partial charge on any atom is 0.311 e. The van der Waals surface area contributed by atoms with Crippen molar-refractivity contribution in [3.05, 3.63) is 0 Å². The summed E-state index contributed by atoms with van der Waals surface area (Å²) in [6, 6.07) is -0.537. The van der Waals surface area contributed by atoms with Crippen molar-refractivity contribution in [3.63, 3.8) is 0 Å². The number of aliphatic carboxylic acids is 1. The Hall–Kier alpha value is -1.10. The smallest absolute Gasteiger partial charge is 0.311 e. The van der Waals surface area contributed by atoms with Crippen molar-refractivity contribution >= 4 is 11.9 Å². The highest BCUT2D eigenvalue weighted by molar-refractivity contribution is 5.83. The van der Waals surface area contributed by atoms with E-state index in [-0.39, 0.29) is 12.5 Å². The lowest BCUT2D eigenvalue weighted by atomic mass is 10.0. The van der Waals surface area contributed by atoms with Gasteiger partial charge in [-0.3, -0.25) is 9.59 Å². The molecule has 1 amide bonds. The van der Waals surface area contributed by atoms with Crippen molar-refractivity contribution in [3.8, 4) is 0 Å². The minimum Gasteiger partial charge on any atom is -0.481 e. The number of carboxylic acids is 1. The monoisotopic (exact) mass is 228 g/mol. The van der Waals surface area contributed by atoms with E-state index < -0.39 is 17.4 Å². The molecule has 1 aliphatic carbocycles. The topological polar surface area (TPSA) is 92.4 Å². The summed E-state index contributed by atoms with van der Waals surface area (Å²) in [5, 5.41) is 11.5. The predicted octanol–water partition coefficient (Wildman–Crippen LogP) is 0.341. The van der Waals surface area contributed by atoms with Crippen LogP contribution in [0.3, 0.4) is 0 Å². The van der Waals surface area contributed by atoms with Crippen molar-refractivity contribution in [1.82, 2.24) is 5.32 Å². The molecule has 1 rings (SSSR count). The van der Waals surface area contributed by atoms with Crippen molar-refractivity contribution in [2.75, 3.05) is 6.54 Å². The Morgan fingerprint density at radius 2 is 2.00 bits per heavy atom. The first-order chi connectivity index (χ1) is 7.37. The summed E-state index contributed by atoms with van der Waals surface area (Å²) in [7, 11) is 0. The van der Waals surface area contributed by atoms with Crippen LogP contribution in [-0.4, -0.2) is 29.6 Å². The van der Waals surface area contributed by atoms with E-state index in [4.69, 9.17) is 10.8 Å². The highest BCUT2D eigenvalue weighted by Crippen LogP contribution is 2.45. The molecule has 0 aliphatic heterocycles. The average molecular weight is 228 g/mol. The van der Waals surface area contributed by atoms with Gasteiger partial charge in [0, 0.05) is 6.54 Å². The molecule has 0 aromatic heterocycles. The first kappa shape index (κ1) is 13.0. The number of nitrogens with two attached hydrogens (primary N) is 1. The molecule has 1 aliphatic rings. The Labute approximate surface area is 95.4 Å². The standard InChI is InChI=1S/C11H20N2O3/c1-7(2)5-8(12)9(14)13-6-11(3-4-11)10(15)16/h7-8H,3-6,12H2,1-2H3,(H,13,14)(H,15,16). The Morgan fingerprint density at radius 3 is 2.38 bits per heavy atom. The molecule has 1 fully saturated rings. The maximum atomic E-state index is 11.5. The molecule has 1 unspecified atom stereocenters. The number of carbonyl (C=O) groups is 2.